The van der Waals surface area contributed by atoms with Gasteiger partial charge in [-0.25, -0.2) is 13.8 Å². The van der Waals surface area contributed by atoms with E-state index in [2.05, 4.69) is 0 Å². The zero-order valence-electron chi connectivity index (χ0n) is 17.7. The molecule has 0 radical (unpaired) electrons. The molecule has 5 rings (SSSR count). The van der Waals surface area contributed by atoms with E-state index >= 15 is 0 Å². The van der Waals surface area contributed by atoms with Crippen LogP contribution in [0.3, 0.4) is 0 Å². The number of halogens is 1. The number of aromatic nitrogens is 2. The number of benzene rings is 2. The topological polar surface area (TPSA) is 67.5 Å². The Hall–Kier alpha value is -3.72. The Bertz CT molecular complexity index is 1440. The Labute approximate surface area is 192 Å². The second-order valence-electron chi connectivity index (χ2n) is 7.80. The van der Waals surface area contributed by atoms with Gasteiger partial charge in [-0.1, -0.05) is 30.3 Å². The molecule has 3 heterocycles. The minimum atomic E-state index is -0.546. The van der Waals surface area contributed by atoms with Crippen LogP contribution in [-0.4, -0.2) is 46.1 Å². The second-order valence-corrected chi connectivity index (χ2v) is 8.72. The fraction of sp³-hybridized carbons (Fsp3) is 0.208. The van der Waals surface area contributed by atoms with Crippen LogP contribution in [0.15, 0.2) is 75.6 Å². The van der Waals surface area contributed by atoms with E-state index in [1.807, 2.05) is 4.90 Å². The Kier molecular flexibility index (Phi) is 5.55. The molecule has 2 aromatic heterocycles. The summed E-state index contributed by atoms with van der Waals surface area (Å²) < 4.78 is 17.0. The Morgan fingerprint density at radius 3 is 2.33 bits per heavy atom. The number of thiophene rings is 1. The lowest BCUT2D eigenvalue weighted by Crippen LogP contribution is -2.51. The molecule has 1 amide bonds. The molecule has 0 atom stereocenters. The molecular weight excluding hydrogens is 443 g/mol. The average Bonchev–Trinajstić information content (AvgIpc) is 3.33. The second kappa shape index (κ2) is 8.67. The molecule has 0 bridgehead atoms. The SMILES string of the molecule is O=C(Cn1c(=O)n(-c2ccccc2)c(=O)c2sccc21)N1CCN(c2ccccc2F)CC1. The van der Waals surface area contributed by atoms with Gasteiger partial charge < -0.3 is 9.80 Å². The van der Waals surface area contributed by atoms with Crippen LogP contribution in [0, 0.1) is 5.82 Å². The van der Waals surface area contributed by atoms with Gasteiger partial charge in [0, 0.05) is 26.2 Å². The predicted octanol–water partition coefficient (Wildman–Crippen LogP) is 2.70. The van der Waals surface area contributed by atoms with Gasteiger partial charge in [0.25, 0.3) is 5.56 Å². The van der Waals surface area contributed by atoms with E-state index in [9.17, 15) is 18.8 Å². The van der Waals surface area contributed by atoms with Crippen molar-refractivity contribution in [2.24, 2.45) is 0 Å². The van der Waals surface area contributed by atoms with Crippen LogP contribution in [0.5, 0.6) is 0 Å². The third-order valence-corrected chi connectivity index (χ3v) is 6.78. The third-order valence-electron chi connectivity index (χ3n) is 5.89. The smallest absolute Gasteiger partial charge is 0.336 e. The largest absolute Gasteiger partial charge is 0.366 e. The lowest BCUT2D eigenvalue weighted by molar-refractivity contribution is -0.132. The monoisotopic (exact) mass is 464 g/mol. The van der Waals surface area contributed by atoms with Crippen molar-refractivity contribution in [3.8, 4) is 5.69 Å². The molecule has 33 heavy (non-hydrogen) atoms. The van der Waals surface area contributed by atoms with Crippen LogP contribution in [0.2, 0.25) is 0 Å². The van der Waals surface area contributed by atoms with Crippen molar-refractivity contribution in [3.63, 3.8) is 0 Å². The lowest BCUT2D eigenvalue weighted by Gasteiger charge is -2.36. The van der Waals surface area contributed by atoms with E-state index in [0.717, 1.165) is 4.57 Å². The molecule has 0 N–H and O–H groups in total. The highest BCUT2D eigenvalue weighted by atomic mass is 32.1. The number of nitrogens with zero attached hydrogens (tertiary/aromatic N) is 4. The summed E-state index contributed by atoms with van der Waals surface area (Å²) in [5.74, 6) is -0.497. The van der Waals surface area contributed by atoms with E-state index in [-0.39, 0.29) is 18.3 Å². The van der Waals surface area contributed by atoms with Gasteiger partial charge >= 0.3 is 5.69 Å². The first-order valence-electron chi connectivity index (χ1n) is 10.6. The van der Waals surface area contributed by atoms with E-state index in [0.29, 0.717) is 47.8 Å². The molecule has 4 aromatic rings. The van der Waals surface area contributed by atoms with E-state index in [4.69, 9.17) is 0 Å². The molecule has 168 valence electrons. The first-order chi connectivity index (χ1) is 16.0. The van der Waals surface area contributed by atoms with Gasteiger partial charge in [-0.2, -0.15) is 0 Å². The Balaban J connectivity index is 1.41. The van der Waals surface area contributed by atoms with Crippen LogP contribution < -0.4 is 16.1 Å². The number of fused-ring (bicyclic) bond motifs is 1. The summed E-state index contributed by atoms with van der Waals surface area (Å²) in [4.78, 5) is 43.0. The van der Waals surface area contributed by atoms with Gasteiger partial charge in [0.2, 0.25) is 5.91 Å². The normalized spacial score (nSPS) is 14.1. The first kappa shape index (κ1) is 21.1. The number of carbonyl (C=O) groups excluding carboxylic acids is 1. The summed E-state index contributed by atoms with van der Waals surface area (Å²) >= 11 is 1.25. The fourth-order valence-corrected chi connectivity index (χ4v) is 5.01. The zero-order chi connectivity index (χ0) is 22.9. The molecule has 1 aliphatic heterocycles. The number of hydrogen-bond donors (Lipinski definition) is 0. The molecule has 0 aliphatic carbocycles. The van der Waals surface area contributed by atoms with Crippen molar-refractivity contribution in [3.05, 3.63) is 92.7 Å². The number of amides is 1. The van der Waals surface area contributed by atoms with E-state index in [1.54, 1.807) is 64.9 Å². The van der Waals surface area contributed by atoms with Crippen molar-refractivity contribution >= 4 is 33.1 Å². The lowest BCUT2D eigenvalue weighted by atomic mass is 10.2. The van der Waals surface area contributed by atoms with Gasteiger partial charge in [-0.3, -0.25) is 14.2 Å². The quantitative estimate of drug-likeness (QED) is 0.466. The predicted molar refractivity (Wildman–Crippen MR) is 127 cm³/mol. The molecule has 7 nitrogen and oxygen atoms in total. The summed E-state index contributed by atoms with van der Waals surface area (Å²) in [7, 11) is 0. The highest BCUT2D eigenvalue weighted by Gasteiger charge is 2.24. The summed E-state index contributed by atoms with van der Waals surface area (Å²) in [6.07, 6.45) is 0. The summed E-state index contributed by atoms with van der Waals surface area (Å²) in [5.41, 5.74) is 0.507. The molecule has 0 unspecified atom stereocenters. The van der Waals surface area contributed by atoms with E-state index < -0.39 is 11.2 Å². The number of rotatable bonds is 4. The molecule has 2 aromatic carbocycles. The first-order valence-corrected chi connectivity index (χ1v) is 11.5. The number of carbonyl (C=O) groups is 1. The number of para-hydroxylation sites is 2. The average molecular weight is 465 g/mol. The molecule has 1 fully saturated rings. The van der Waals surface area contributed by atoms with Crippen molar-refractivity contribution in [2.75, 3.05) is 31.1 Å². The minimum Gasteiger partial charge on any atom is -0.366 e. The highest BCUT2D eigenvalue weighted by Crippen LogP contribution is 2.21. The molecule has 9 heteroatoms. The third kappa shape index (κ3) is 3.84. The minimum absolute atomic E-state index is 0.168. The van der Waals surface area contributed by atoms with Crippen LogP contribution in [0.1, 0.15) is 0 Å². The summed E-state index contributed by atoms with van der Waals surface area (Å²) in [6.45, 7) is 1.68. The van der Waals surface area contributed by atoms with Crippen molar-refractivity contribution in [2.45, 2.75) is 6.54 Å². The number of anilines is 1. The number of hydrogen-bond acceptors (Lipinski definition) is 5. The standard InChI is InChI=1S/C24H21FN4O3S/c25-18-8-4-5-9-19(18)26-11-13-27(14-12-26)21(30)16-28-20-10-15-33-22(20)23(31)29(24(28)32)17-6-2-1-3-7-17/h1-10,15H,11-14,16H2. The molecule has 0 spiro atoms. The molecular formula is C24H21FN4O3S. The van der Waals surface area contributed by atoms with Gasteiger partial charge in [0.05, 0.1) is 16.9 Å². The zero-order valence-corrected chi connectivity index (χ0v) is 18.5. The van der Waals surface area contributed by atoms with Gasteiger partial charge in [-0.15, -0.1) is 11.3 Å². The van der Waals surface area contributed by atoms with Crippen LogP contribution >= 0.6 is 11.3 Å². The molecule has 1 saturated heterocycles. The van der Waals surface area contributed by atoms with Crippen LogP contribution in [0.25, 0.3) is 15.9 Å². The van der Waals surface area contributed by atoms with Crippen molar-refractivity contribution < 1.29 is 9.18 Å². The maximum atomic E-state index is 14.1. The fourth-order valence-electron chi connectivity index (χ4n) is 4.19. The van der Waals surface area contributed by atoms with Gasteiger partial charge in [0.15, 0.2) is 0 Å². The van der Waals surface area contributed by atoms with Gasteiger partial charge in [-0.05, 0) is 35.7 Å². The van der Waals surface area contributed by atoms with Crippen LogP contribution in [0.4, 0.5) is 10.1 Å². The Morgan fingerprint density at radius 2 is 1.61 bits per heavy atom. The Morgan fingerprint density at radius 1 is 0.909 bits per heavy atom. The van der Waals surface area contributed by atoms with Crippen LogP contribution in [-0.2, 0) is 11.3 Å². The molecule has 0 saturated carbocycles. The maximum absolute atomic E-state index is 14.1. The van der Waals surface area contributed by atoms with E-state index in [1.165, 1.54) is 22.0 Å². The summed E-state index contributed by atoms with van der Waals surface area (Å²) in [5, 5.41) is 1.75. The van der Waals surface area contributed by atoms with Crippen molar-refractivity contribution in [1.29, 1.82) is 0 Å². The van der Waals surface area contributed by atoms with Crippen molar-refractivity contribution in [1.82, 2.24) is 14.0 Å². The highest BCUT2D eigenvalue weighted by molar-refractivity contribution is 7.17. The van der Waals surface area contributed by atoms with Gasteiger partial charge in [0.1, 0.15) is 17.1 Å². The summed E-state index contributed by atoms with van der Waals surface area (Å²) in [6, 6.07) is 17.0. The molecule has 1 aliphatic rings. The number of piperazine rings is 1. The maximum Gasteiger partial charge on any atom is 0.336 e.